The molecule has 6 heteroatoms. The van der Waals surface area contributed by atoms with Crippen molar-refractivity contribution in [3.05, 3.63) is 0 Å². The predicted octanol–water partition coefficient (Wildman–Crippen LogP) is -1.50. The predicted molar refractivity (Wildman–Crippen MR) is 38.9 cm³/mol. The molecule has 72 valence electrons. The van der Waals surface area contributed by atoms with E-state index in [9.17, 15) is 9.59 Å². The van der Waals surface area contributed by atoms with Crippen LogP contribution in [0.4, 0.5) is 0 Å². The molecule has 1 aliphatic carbocycles. The van der Waals surface area contributed by atoms with Crippen LogP contribution in [-0.2, 0) is 14.3 Å². The fourth-order valence-electron chi connectivity index (χ4n) is 1.93. The van der Waals surface area contributed by atoms with Crippen LogP contribution in [0.5, 0.6) is 0 Å². The van der Waals surface area contributed by atoms with Gasteiger partial charge in [0.2, 0.25) is 0 Å². The minimum absolute atomic E-state index is 0.0958. The van der Waals surface area contributed by atoms with Crippen molar-refractivity contribution in [2.24, 2.45) is 17.6 Å². The summed E-state index contributed by atoms with van der Waals surface area (Å²) in [7, 11) is 0. The lowest BCUT2D eigenvalue weighted by atomic mass is 9.95. The summed E-state index contributed by atoms with van der Waals surface area (Å²) in [6.07, 6.45) is -0.501. The van der Waals surface area contributed by atoms with Crippen LogP contribution in [0.25, 0.3) is 0 Å². The molecule has 4 atom stereocenters. The van der Waals surface area contributed by atoms with Gasteiger partial charge in [-0.1, -0.05) is 0 Å². The second kappa shape index (κ2) is 2.21. The maximum atomic E-state index is 10.7. The van der Waals surface area contributed by atoms with Gasteiger partial charge in [-0.2, -0.15) is 0 Å². The summed E-state index contributed by atoms with van der Waals surface area (Å²) in [5, 5.41) is 17.4. The molecule has 6 nitrogen and oxygen atoms in total. The molecule has 0 amide bonds. The Labute approximate surface area is 73.3 Å². The third-order valence-electron chi connectivity index (χ3n) is 2.75. The number of aliphatic carboxylic acids is 2. The lowest BCUT2D eigenvalue weighted by Gasteiger charge is -2.19. The van der Waals surface area contributed by atoms with Gasteiger partial charge in [-0.25, -0.2) is 0 Å². The monoisotopic (exact) mass is 187 g/mol. The molecular weight excluding hydrogens is 178 g/mol. The molecular formula is C7H9NO5. The van der Waals surface area contributed by atoms with Crippen molar-refractivity contribution >= 4 is 11.9 Å². The normalized spacial score (nSPS) is 47.0. The average molecular weight is 187 g/mol. The number of carbonyl (C=O) groups is 2. The van der Waals surface area contributed by atoms with Crippen LogP contribution >= 0.6 is 0 Å². The number of fused-ring (bicyclic) bond motifs is 1. The van der Waals surface area contributed by atoms with Crippen molar-refractivity contribution in [1.82, 2.24) is 0 Å². The molecule has 0 aromatic carbocycles. The quantitative estimate of drug-likeness (QED) is 0.485. The molecule has 1 aliphatic heterocycles. The van der Waals surface area contributed by atoms with Crippen LogP contribution in [0.1, 0.15) is 0 Å². The Hall–Kier alpha value is -1.14. The first-order valence-corrected chi connectivity index (χ1v) is 3.85. The van der Waals surface area contributed by atoms with Crippen LogP contribution in [0.2, 0.25) is 0 Å². The standard InChI is InChI=1S/C7H9NO5/c8-7(6(11)12)1-13-4-2(3(4)7)5(9)10/h2-4H,1,8H2,(H,9,10)(H,11,12)/t2-,3+,4-,7+/m0/s1. The summed E-state index contributed by atoms with van der Waals surface area (Å²) >= 11 is 0. The first-order chi connectivity index (χ1) is 5.98. The lowest BCUT2D eigenvalue weighted by molar-refractivity contribution is -0.147. The molecule has 0 radical (unpaired) electrons. The van der Waals surface area contributed by atoms with Gasteiger partial charge in [0, 0.05) is 5.92 Å². The maximum absolute atomic E-state index is 10.7. The summed E-state index contributed by atoms with van der Waals surface area (Å²) in [6.45, 7) is -0.0958. The van der Waals surface area contributed by atoms with E-state index in [2.05, 4.69) is 0 Å². The van der Waals surface area contributed by atoms with Gasteiger partial charge in [-0.05, 0) is 0 Å². The lowest BCUT2D eigenvalue weighted by Crippen LogP contribution is -2.52. The molecule has 1 saturated heterocycles. The first kappa shape index (κ1) is 8.46. The van der Waals surface area contributed by atoms with E-state index in [1.807, 2.05) is 0 Å². The summed E-state index contributed by atoms with van der Waals surface area (Å²) in [5.74, 6) is -3.54. The van der Waals surface area contributed by atoms with Crippen molar-refractivity contribution < 1.29 is 24.5 Å². The van der Waals surface area contributed by atoms with Crippen LogP contribution in [-0.4, -0.2) is 40.4 Å². The average Bonchev–Trinajstić information content (AvgIpc) is 2.66. The Morgan fingerprint density at radius 2 is 2.08 bits per heavy atom. The van der Waals surface area contributed by atoms with Crippen molar-refractivity contribution in [3.63, 3.8) is 0 Å². The second-order valence-corrected chi connectivity index (χ2v) is 3.51. The maximum Gasteiger partial charge on any atom is 0.326 e. The minimum atomic E-state index is -1.51. The van der Waals surface area contributed by atoms with Crippen molar-refractivity contribution in [3.8, 4) is 0 Å². The molecule has 2 rings (SSSR count). The third kappa shape index (κ3) is 0.895. The van der Waals surface area contributed by atoms with Crippen molar-refractivity contribution in [1.29, 1.82) is 0 Å². The van der Waals surface area contributed by atoms with Crippen molar-refractivity contribution in [2.75, 3.05) is 6.61 Å². The van der Waals surface area contributed by atoms with E-state index in [0.717, 1.165) is 0 Å². The van der Waals surface area contributed by atoms with Crippen LogP contribution in [0.3, 0.4) is 0 Å². The zero-order valence-electron chi connectivity index (χ0n) is 6.64. The van der Waals surface area contributed by atoms with Gasteiger partial charge < -0.3 is 20.7 Å². The molecule has 0 unspecified atom stereocenters. The summed E-state index contributed by atoms with van der Waals surface area (Å²) in [4.78, 5) is 21.3. The highest BCUT2D eigenvalue weighted by Crippen LogP contribution is 2.53. The number of hydrogen-bond acceptors (Lipinski definition) is 4. The number of hydrogen-bond donors (Lipinski definition) is 3. The minimum Gasteiger partial charge on any atom is -0.481 e. The molecule has 1 heterocycles. The van der Waals surface area contributed by atoms with Crippen LogP contribution in [0, 0.1) is 11.8 Å². The molecule has 0 aromatic rings. The van der Waals surface area contributed by atoms with E-state index < -0.39 is 35.4 Å². The van der Waals surface area contributed by atoms with E-state index in [0.29, 0.717) is 0 Å². The van der Waals surface area contributed by atoms with Crippen molar-refractivity contribution in [2.45, 2.75) is 11.6 Å². The summed E-state index contributed by atoms with van der Waals surface area (Å²) in [6, 6.07) is 0. The van der Waals surface area contributed by atoms with Gasteiger partial charge in [0.1, 0.15) is 5.54 Å². The molecule has 13 heavy (non-hydrogen) atoms. The second-order valence-electron chi connectivity index (χ2n) is 3.51. The zero-order chi connectivity index (χ0) is 9.80. The number of nitrogens with two attached hydrogens (primary N) is 1. The molecule has 0 bridgehead atoms. The highest BCUT2D eigenvalue weighted by atomic mass is 16.5. The Bertz CT molecular complexity index is 291. The number of carboxylic acids is 2. The van der Waals surface area contributed by atoms with E-state index in [4.69, 9.17) is 20.7 Å². The summed E-state index contributed by atoms with van der Waals surface area (Å²) in [5.41, 5.74) is 4.02. The van der Waals surface area contributed by atoms with Gasteiger partial charge in [0.05, 0.1) is 18.6 Å². The fourth-order valence-corrected chi connectivity index (χ4v) is 1.93. The molecule has 4 N–H and O–H groups in total. The third-order valence-corrected chi connectivity index (χ3v) is 2.75. The van der Waals surface area contributed by atoms with Crippen LogP contribution in [0.15, 0.2) is 0 Å². The Kier molecular flexibility index (Phi) is 1.44. The molecule has 0 aromatic heterocycles. The molecule has 2 fully saturated rings. The SMILES string of the molecule is N[C@]1(C(=O)O)CO[C@H]2[C@@H](C(=O)O)[C@H]21. The largest absolute Gasteiger partial charge is 0.481 e. The number of rotatable bonds is 2. The van der Waals surface area contributed by atoms with E-state index >= 15 is 0 Å². The van der Waals surface area contributed by atoms with E-state index in [-0.39, 0.29) is 6.61 Å². The van der Waals surface area contributed by atoms with E-state index in [1.165, 1.54) is 0 Å². The zero-order valence-corrected chi connectivity index (χ0v) is 6.64. The number of carboxylic acid groups (broad SMARTS) is 2. The highest BCUT2D eigenvalue weighted by Gasteiger charge is 2.72. The highest BCUT2D eigenvalue weighted by molar-refractivity contribution is 5.85. The topological polar surface area (TPSA) is 110 Å². The molecule has 0 spiro atoms. The summed E-state index contributed by atoms with van der Waals surface area (Å²) < 4.78 is 4.99. The molecule has 2 aliphatic rings. The van der Waals surface area contributed by atoms with Gasteiger partial charge in [0.25, 0.3) is 0 Å². The van der Waals surface area contributed by atoms with Gasteiger partial charge in [-0.15, -0.1) is 0 Å². The van der Waals surface area contributed by atoms with Crippen LogP contribution < -0.4 is 5.73 Å². The fraction of sp³-hybridized carbons (Fsp3) is 0.714. The van der Waals surface area contributed by atoms with Gasteiger partial charge in [0.15, 0.2) is 0 Å². The Balaban J connectivity index is 2.20. The Morgan fingerprint density at radius 1 is 1.46 bits per heavy atom. The number of ether oxygens (including phenoxy) is 1. The van der Waals surface area contributed by atoms with Gasteiger partial charge in [-0.3, -0.25) is 9.59 Å². The van der Waals surface area contributed by atoms with Gasteiger partial charge >= 0.3 is 11.9 Å². The Morgan fingerprint density at radius 3 is 2.46 bits per heavy atom. The van der Waals surface area contributed by atoms with E-state index in [1.54, 1.807) is 0 Å². The smallest absolute Gasteiger partial charge is 0.326 e. The molecule has 1 saturated carbocycles. The first-order valence-electron chi connectivity index (χ1n) is 3.85.